The minimum Gasteiger partial charge on any atom is -0.486 e. The van der Waals surface area contributed by atoms with E-state index in [2.05, 4.69) is 26.3 Å². The minimum absolute atomic E-state index is 0.165. The molecule has 0 atom stereocenters. The summed E-state index contributed by atoms with van der Waals surface area (Å²) in [7, 11) is 0. The molecule has 1 amide bonds. The predicted octanol–water partition coefficient (Wildman–Crippen LogP) is 4.23. The number of hydrogen-bond acceptors (Lipinski definition) is 5. The molecule has 4 aromatic rings. The van der Waals surface area contributed by atoms with Gasteiger partial charge in [-0.2, -0.15) is 5.10 Å². The van der Waals surface area contributed by atoms with E-state index in [9.17, 15) is 9.59 Å². The van der Waals surface area contributed by atoms with Crippen LogP contribution in [0.2, 0.25) is 0 Å². The normalized spacial score (nSPS) is 12.5. The summed E-state index contributed by atoms with van der Waals surface area (Å²) in [5.41, 5.74) is 1.35. The lowest BCUT2D eigenvalue weighted by molar-refractivity contribution is 0.102. The first kappa shape index (κ1) is 20.3. The zero-order valence-corrected chi connectivity index (χ0v) is 18.5. The topological polar surface area (TPSA) is 82.4 Å². The van der Waals surface area contributed by atoms with E-state index in [0.717, 1.165) is 5.56 Å². The molecule has 3 aromatic carbocycles. The van der Waals surface area contributed by atoms with Gasteiger partial charge in [-0.3, -0.25) is 9.59 Å². The third-order valence-electron chi connectivity index (χ3n) is 5.14. The molecule has 8 heteroatoms. The van der Waals surface area contributed by atoms with Crippen molar-refractivity contribution in [3.8, 4) is 11.5 Å². The van der Waals surface area contributed by atoms with Crippen molar-refractivity contribution in [3.63, 3.8) is 0 Å². The first-order valence-corrected chi connectivity index (χ1v) is 10.8. The highest BCUT2D eigenvalue weighted by Crippen LogP contribution is 2.38. The molecule has 0 radical (unpaired) electrons. The Morgan fingerprint density at radius 3 is 2.38 bits per heavy atom. The second-order valence-electron chi connectivity index (χ2n) is 7.27. The number of amides is 1. The van der Waals surface area contributed by atoms with E-state index >= 15 is 0 Å². The van der Waals surface area contributed by atoms with Crippen LogP contribution in [0.15, 0.2) is 76.0 Å². The lowest BCUT2D eigenvalue weighted by Crippen LogP contribution is -2.28. The number of halogens is 1. The molecule has 32 heavy (non-hydrogen) atoms. The fourth-order valence-electron chi connectivity index (χ4n) is 3.61. The zero-order valence-electron chi connectivity index (χ0n) is 16.9. The van der Waals surface area contributed by atoms with E-state index in [0.29, 0.717) is 45.6 Å². The van der Waals surface area contributed by atoms with Gasteiger partial charge in [0.15, 0.2) is 17.2 Å². The van der Waals surface area contributed by atoms with Crippen molar-refractivity contribution in [1.29, 1.82) is 0 Å². The van der Waals surface area contributed by atoms with Crippen LogP contribution in [0.1, 0.15) is 16.1 Å². The maximum absolute atomic E-state index is 13.3. The van der Waals surface area contributed by atoms with Crippen LogP contribution in [0.3, 0.4) is 0 Å². The van der Waals surface area contributed by atoms with Crippen molar-refractivity contribution in [2.45, 2.75) is 6.54 Å². The average molecular weight is 492 g/mol. The lowest BCUT2D eigenvalue weighted by atomic mass is 10.1. The Balaban J connectivity index is 1.55. The molecule has 1 aliphatic heterocycles. The molecule has 0 saturated carbocycles. The van der Waals surface area contributed by atoms with Gasteiger partial charge in [0.2, 0.25) is 0 Å². The number of anilines is 1. The van der Waals surface area contributed by atoms with Crippen LogP contribution in [0.5, 0.6) is 11.5 Å². The molecule has 0 aliphatic carbocycles. The standard InChI is InChI=1S/C24H18BrN3O4/c25-18-12-20-21(32-11-10-31-20)13-19(18)26-23(29)22-16-8-4-5-9-17(16)24(30)28(27-22)14-15-6-2-1-3-7-15/h1-9,12-13H,10-11,14H2,(H,26,29). The molecular weight excluding hydrogens is 474 g/mol. The Kier molecular flexibility index (Phi) is 5.36. The number of nitrogens with zero attached hydrogens (tertiary/aromatic N) is 2. The van der Waals surface area contributed by atoms with Crippen molar-refractivity contribution in [3.05, 3.63) is 92.8 Å². The van der Waals surface area contributed by atoms with Crippen LogP contribution in [-0.2, 0) is 6.54 Å². The Bertz CT molecular complexity index is 1390. The number of carbonyl (C=O) groups is 1. The number of aromatic nitrogens is 2. The molecule has 0 saturated heterocycles. The van der Waals surface area contributed by atoms with Crippen LogP contribution < -0.4 is 20.3 Å². The lowest BCUT2D eigenvalue weighted by Gasteiger charge is -2.20. The molecule has 160 valence electrons. The average Bonchev–Trinajstić information content (AvgIpc) is 2.82. The SMILES string of the molecule is O=C(Nc1cc2c(cc1Br)OCCO2)c1nn(Cc2ccccc2)c(=O)c2ccccc12. The van der Waals surface area contributed by atoms with E-state index < -0.39 is 5.91 Å². The summed E-state index contributed by atoms with van der Waals surface area (Å²) in [6, 6.07) is 20.0. The summed E-state index contributed by atoms with van der Waals surface area (Å²) < 4.78 is 13.2. The van der Waals surface area contributed by atoms with E-state index in [1.54, 1.807) is 36.4 Å². The van der Waals surface area contributed by atoms with Gasteiger partial charge in [0.05, 0.1) is 17.6 Å². The summed E-state index contributed by atoms with van der Waals surface area (Å²) in [5.74, 6) is 0.739. The van der Waals surface area contributed by atoms with E-state index in [1.807, 2.05) is 30.3 Å². The first-order valence-electron chi connectivity index (χ1n) is 10.0. The fraction of sp³-hybridized carbons (Fsp3) is 0.125. The van der Waals surface area contributed by atoms with Crippen LogP contribution in [0, 0.1) is 0 Å². The van der Waals surface area contributed by atoms with Gasteiger partial charge in [-0.15, -0.1) is 0 Å². The van der Waals surface area contributed by atoms with Crippen LogP contribution in [0.4, 0.5) is 5.69 Å². The van der Waals surface area contributed by atoms with Crippen molar-refractivity contribution in [1.82, 2.24) is 9.78 Å². The Hall–Kier alpha value is -3.65. The van der Waals surface area contributed by atoms with Crippen molar-refractivity contribution in [2.24, 2.45) is 0 Å². The van der Waals surface area contributed by atoms with Crippen LogP contribution >= 0.6 is 15.9 Å². The third-order valence-corrected chi connectivity index (χ3v) is 5.79. The van der Waals surface area contributed by atoms with Gasteiger partial charge in [0.1, 0.15) is 13.2 Å². The summed E-state index contributed by atoms with van der Waals surface area (Å²) in [4.78, 5) is 26.3. The number of ether oxygens (including phenoxy) is 2. The molecule has 2 heterocycles. The maximum Gasteiger partial charge on any atom is 0.276 e. The van der Waals surface area contributed by atoms with Gasteiger partial charge in [-0.25, -0.2) is 4.68 Å². The van der Waals surface area contributed by atoms with Gasteiger partial charge in [-0.1, -0.05) is 48.5 Å². The number of benzene rings is 3. The smallest absolute Gasteiger partial charge is 0.276 e. The van der Waals surface area contributed by atoms with E-state index in [1.165, 1.54) is 4.68 Å². The molecule has 1 aliphatic rings. The first-order chi connectivity index (χ1) is 15.6. The highest BCUT2D eigenvalue weighted by atomic mass is 79.9. The second kappa shape index (κ2) is 8.47. The second-order valence-corrected chi connectivity index (χ2v) is 8.13. The zero-order chi connectivity index (χ0) is 22.1. The molecule has 0 fully saturated rings. The quantitative estimate of drug-likeness (QED) is 0.461. The maximum atomic E-state index is 13.3. The highest BCUT2D eigenvalue weighted by molar-refractivity contribution is 9.10. The summed E-state index contributed by atoms with van der Waals surface area (Å²) >= 11 is 3.47. The monoisotopic (exact) mass is 491 g/mol. The van der Waals surface area contributed by atoms with Crippen molar-refractivity contribution < 1.29 is 14.3 Å². The molecule has 0 spiro atoms. The molecule has 7 nitrogen and oxygen atoms in total. The number of hydrogen-bond donors (Lipinski definition) is 1. The van der Waals surface area contributed by atoms with Gasteiger partial charge in [0.25, 0.3) is 11.5 Å². The largest absolute Gasteiger partial charge is 0.486 e. The molecule has 1 aromatic heterocycles. The number of carbonyl (C=O) groups excluding carboxylic acids is 1. The van der Waals surface area contributed by atoms with Crippen molar-refractivity contribution >= 4 is 38.3 Å². The molecule has 0 bridgehead atoms. The molecular formula is C24H18BrN3O4. The van der Waals surface area contributed by atoms with Gasteiger partial charge >= 0.3 is 0 Å². The number of fused-ring (bicyclic) bond motifs is 2. The van der Waals surface area contributed by atoms with E-state index in [-0.39, 0.29) is 17.8 Å². The highest BCUT2D eigenvalue weighted by Gasteiger charge is 2.20. The van der Waals surface area contributed by atoms with Gasteiger partial charge < -0.3 is 14.8 Å². The van der Waals surface area contributed by atoms with Crippen LogP contribution in [0.25, 0.3) is 10.8 Å². The third kappa shape index (κ3) is 3.85. The fourth-order valence-corrected chi connectivity index (χ4v) is 4.03. The summed E-state index contributed by atoms with van der Waals surface area (Å²) in [6.45, 7) is 1.18. The summed E-state index contributed by atoms with van der Waals surface area (Å²) in [5, 5.41) is 8.24. The Morgan fingerprint density at radius 1 is 0.969 bits per heavy atom. The number of nitrogens with one attached hydrogen (secondary N) is 1. The minimum atomic E-state index is -0.430. The Morgan fingerprint density at radius 2 is 1.62 bits per heavy atom. The van der Waals surface area contributed by atoms with Gasteiger partial charge in [-0.05, 0) is 27.6 Å². The van der Waals surface area contributed by atoms with Crippen LogP contribution in [-0.4, -0.2) is 28.9 Å². The molecule has 5 rings (SSSR count). The Labute approximate surface area is 191 Å². The molecule has 0 unspecified atom stereocenters. The number of rotatable bonds is 4. The van der Waals surface area contributed by atoms with E-state index in [4.69, 9.17) is 9.47 Å². The molecule has 1 N–H and O–H groups in total. The predicted molar refractivity (Wildman–Crippen MR) is 125 cm³/mol. The van der Waals surface area contributed by atoms with Crippen molar-refractivity contribution in [2.75, 3.05) is 18.5 Å². The summed E-state index contributed by atoms with van der Waals surface area (Å²) in [6.07, 6.45) is 0. The van der Waals surface area contributed by atoms with Gasteiger partial charge in [0, 0.05) is 22.0 Å².